The molecule has 0 heterocycles. The van der Waals surface area contributed by atoms with Crippen LogP contribution < -0.4 is 0 Å². The Labute approximate surface area is 142 Å². The van der Waals surface area contributed by atoms with Gasteiger partial charge in [0.1, 0.15) is 0 Å². The molecule has 1 saturated carbocycles. The van der Waals surface area contributed by atoms with E-state index in [-0.39, 0.29) is 0 Å². The summed E-state index contributed by atoms with van der Waals surface area (Å²) in [4.78, 5) is 0. The summed E-state index contributed by atoms with van der Waals surface area (Å²) in [5.41, 5.74) is 2.93. The number of hydrogen-bond acceptors (Lipinski definition) is 0. The van der Waals surface area contributed by atoms with Crippen molar-refractivity contribution in [3.05, 3.63) is 47.5 Å². The zero-order valence-electron chi connectivity index (χ0n) is 15.0. The van der Waals surface area contributed by atoms with Crippen molar-refractivity contribution in [2.45, 2.75) is 77.6 Å². The Balaban J connectivity index is 1.56. The van der Waals surface area contributed by atoms with Crippen molar-refractivity contribution in [1.82, 2.24) is 0 Å². The first-order valence-electron chi connectivity index (χ1n) is 9.76. The topological polar surface area (TPSA) is 0 Å². The Bertz CT molecular complexity index is 617. The van der Waals surface area contributed by atoms with Gasteiger partial charge in [0.25, 0.3) is 0 Å². The lowest BCUT2D eigenvalue weighted by Gasteiger charge is -2.29. The van der Waals surface area contributed by atoms with E-state index in [1.165, 1.54) is 74.1 Å². The Morgan fingerprint density at radius 1 is 0.826 bits per heavy atom. The highest BCUT2D eigenvalue weighted by atomic mass is 14.3. The molecule has 0 unspecified atom stereocenters. The van der Waals surface area contributed by atoms with Crippen molar-refractivity contribution in [1.29, 1.82) is 0 Å². The van der Waals surface area contributed by atoms with E-state index in [1.807, 2.05) is 0 Å². The third-order valence-electron chi connectivity index (χ3n) is 5.80. The van der Waals surface area contributed by atoms with Crippen molar-refractivity contribution in [2.24, 2.45) is 5.92 Å². The number of fused-ring (bicyclic) bond motifs is 1. The summed E-state index contributed by atoms with van der Waals surface area (Å²) < 4.78 is 0. The maximum absolute atomic E-state index is 2.45. The van der Waals surface area contributed by atoms with Crippen molar-refractivity contribution in [3.63, 3.8) is 0 Å². The molecule has 0 N–H and O–H groups in total. The van der Waals surface area contributed by atoms with E-state index < -0.39 is 0 Å². The van der Waals surface area contributed by atoms with Crippen LogP contribution in [0.1, 0.15) is 81.8 Å². The van der Waals surface area contributed by atoms with Gasteiger partial charge in [-0.05, 0) is 60.8 Å². The number of aryl methyl sites for hydroxylation is 1. The predicted octanol–water partition coefficient (Wildman–Crippen LogP) is 7.39. The third-order valence-corrected chi connectivity index (χ3v) is 5.80. The summed E-state index contributed by atoms with van der Waals surface area (Å²) in [6.45, 7) is 4.48. The fraction of sp³-hybridized carbons (Fsp3) is 0.565. The van der Waals surface area contributed by atoms with Gasteiger partial charge in [-0.3, -0.25) is 0 Å². The average molecular weight is 309 g/mol. The van der Waals surface area contributed by atoms with Crippen LogP contribution in [0.2, 0.25) is 0 Å². The molecule has 2 aromatic rings. The molecular weight excluding hydrogens is 276 g/mol. The number of hydrogen-bond donors (Lipinski definition) is 0. The van der Waals surface area contributed by atoms with E-state index in [4.69, 9.17) is 0 Å². The van der Waals surface area contributed by atoms with Crippen LogP contribution in [0, 0.1) is 12.8 Å². The first kappa shape index (κ1) is 16.6. The van der Waals surface area contributed by atoms with Gasteiger partial charge in [-0.1, -0.05) is 81.0 Å². The van der Waals surface area contributed by atoms with Crippen molar-refractivity contribution >= 4 is 10.8 Å². The second kappa shape index (κ2) is 7.99. The Morgan fingerprint density at radius 3 is 2.35 bits per heavy atom. The summed E-state index contributed by atoms with van der Waals surface area (Å²) in [7, 11) is 0. The van der Waals surface area contributed by atoms with Crippen molar-refractivity contribution < 1.29 is 0 Å². The van der Waals surface area contributed by atoms with Gasteiger partial charge in [-0.25, -0.2) is 0 Å². The Hall–Kier alpha value is -1.30. The summed E-state index contributed by atoms with van der Waals surface area (Å²) in [6.07, 6.45) is 12.8. The maximum Gasteiger partial charge on any atom is -0.0162 e. The molecule has 0 amide bonds. The highest BCUT2D eigenvalue weighted by Crippen LogP contribution is 2.38. The van der Waals surface area contributed by atoms with E-state index >= 15 is 0 Å². The van der Waals surface area contributed by atoms with Crippen LogP contribution in [0.3, 0.4) is 0 Å². The minimum atomic E-state index is 0.799. The predicted molar refractivity (Wildman–Crippen MR) is 102 cm³/mol. The van der Waals surface area contributed by atoms with Gasteiger partial charge in [0, 0.05) is 0 Å². The molecule has 0 bridgehead atoms. The molecule has 0 spiro atoms. The van der Waals surface area contributed by atoms with Crippen molar-refractivity contribution in [2.75, 3.05) is 0 Å². The Kier molecular flexibility index (Phi) is 5.75. The van der Waals surface area contributed by atoms with E-state index in [0.717, 1.165) is 11.8 Å². The van der Waals surface area contributed by atoms with Gasteiger partial charge in [-0.2, -0.15) is 0 Å². The van der Waals surface area contributed by atoms with E-state index in [9.17, 15) is 0 Å². The molecule has 0 aliphatic heterocycles. The summed E-state index contributed by atoms with van der Waals surface area (Å²) >= 11 is 0. The van der Waals surface area contributed by atoms with Crippen LogP contribution in [0.5, 0.6) is 0 Å². The van der Waals surface area contributed by atoms with E-state index in [2.05, 4.69) is 50.2 Å². The number of benzene rings is 2. The number of unbranched alkanes of at least 4 members (excludes halogenated alkanes) is 3. The molecule has 0 aromatic heterocycles. The molecule has 1 aliphatic rings. The van der Waals surface area contributed by atoms with Crippen molar-refractivity contribution in [3.8, 4) is 0 Å². The van der Waals surface area contributed by atoms with E-state index in [1.54, 1.807) is 5.56 Å². The lowest BCUT2D eigenvalue weighted by Crippen LogP contribution is -2.13. The summed E-state index contributed by atoms with van der Waals surface area (Å²) in [5, 5.41) is 2.80. The normalized spacial score (nSPS) is 21.7. The van der Waals surface area contributed by atoms with E-state index in [0.29, 0.717) is 0 Å². The van der Waals surface area contributed by atoms with Gasteiger partial charge in [0.05, 0.1) is 0 Å². The zero-order chi connectivity index (χ0) is 16.1. The van der Waals surface area contributed by atoms with Gasteiger partial charge in [0.15, 0.2) is 0 Å². The summed E-state index contributed by atoms with van der Waals surface area (Å²) in [5.74, 6) is 1.80. The molecule has 1 aliphatic carbocycles. The van der Waals surface area contributed by atoms with Crippen LogP contribution in [-0.4, -0.2) is 0 Å². The molecule has 2 aromatic carbocycles. The highest BCUT2D eigenvalue weighted by molar-refractivity contribution is 5.83. The van der Waals surface area contributed by atoms with Gasteiger partial charge in [0.2, 0.25) is 0 Å². The zero-order valence-corrected chi connectivity index (χ0v) is 15.0. The summed E-state index contributed by atoms with van der Waals surface area (Å²) in [6, 6.07) is 14.0. The standard InChI is InChI=1S/C23H32/c1-3-4-5-6-7-19-9-12-20(13-10-19)22-15-14-21-16-18(2)8-11-23(21)17-22/h8,11,14-17,19-20H,3-7,9-10,12-13H2,1-2H3. The molecule has 0 radical (unpaired) electrons. The molecule has 0 heteroatoms. The SMILES string of the molecule is CCCCCCC1CCC(c2ccc3cc(C)ccc3c2)CC1. The number of rotatable bonds is 6. The molecule has 0 nitrogen and oxygen atoms in total. The molecular formula is C23H32. The maximum atomic E-state index is 2.45. The molecule has 0 saturated heterocycles. The first-order chi connectivity index (χ1) is 11.3. The Morgan fingerprint density at radius 2 is 1.57 bits per heavy atom. The van der Waals surface area contributed by atoms with Crippen LogP contribution in [0.25, 0.3) is 10.8 Å². The van der Waals surface area contributed by atoms with Crippen LogP contribution in [0.15, 0.2) is 36.4 Å². The molecule has 0 atom stereocenters. The van der Waals surface area contributed by atoms with Crippen LogP contribution >= 0.6 is 0 Å². The fourth-order valence-corrected chi connectivity index (χ4v) is 4.28. The quantitative estimate of drug-likeness (QED) is 0.488. The van der Waals surface area contributed by atoms with Gasteiger partial charge in [-0.15, -0.1) is 0 Å². The second-order valence-electron chi connectivity index (χ2n) is 7.68. The lowest BCUT2D eigenvalue weighted by molar-refractivity contribution is 0.302. The average Bonchev–Trinajstić information content (AvgIpc) is 2.59. The monoisotopic (exact) mass is 308 g/mol. The molecule has 1 fully saturated rings. The smallest absolute Gasteiger partial charge is 0.0162 e. The second-order valence-corrected chi connectivity index (χ2v) is 7.68. The van der Waals surface area contributed by atoms with Gasteiger partial charge < -0.3 is 0 Å². The van der Waals surface area contributed by atoms with Gasteiger partial charge >= 0.3 is 0 Å². The largest absolute Gasteiger partial charge is 0.0654 e. The molecule has 124 valence electrons. The minimum absolute atomic E-state index is 0.799. The van der Waals surface area contributed by atoms with Crippen LogP contribution in [0.4, 0.5) is 0 Å². The molecule has 23 heavy (non-hydrogen) atoms. The lowest BCUT2D eigenvalue weighted by atomic mass is 9.76. The minimum Gasteiger partial charge on any atom is -0.0654 e. The third kappa shape index (κ3) is 4.37. The molecule has 3 rings (SSSR count). The fourth-order valence-electron chi connectivity index (χ4n) is 4.28. The highest BCUT2D eigenvalue weighted by Gasteiger charge is 2.22. The van der Waals surface area contributed by atoms with Crippen LogP contribution in [-0.2, 0) is 0 Å². The first-order valence-corrected chi connectivity index (χ1v) is 9.76.